The molecule has 0 fully saturated rings. The Morgan fingerprint density at radius 1 is 1.37 bits per heavy atom. The van der Waals surface area contributed by atoms with Gasteiger partial charge in [-0.2, -0.15) is 5.10 Å². The normalized spacial score (nSPS) is 11.6. The average molecular weight is 286 g/mol. The number of hydrogen-bond donors (Lipinski definition) is 1. The van der Waals surface area contributed by atoms with Gasteiger partial charge in [0.25, 0.3) is 0 Å². The van der Waals surface area contributed by atoms with Gasteiger partial charge in [0.1, 0.15) is 0 Å². The van der Waals surface area contributed by atoms with Crippen molar-refractivity contribution >= 4 is 11.6 Å². The number of ether oxygens (including phenoxy) is 1. The predicted molar refractivity (Wildman–Crippen MR) is 79.8 cm³/mol. The highest BCUT2D eigenvalue weighted by atomic mass is 35.5. The Morgan fingerprint density at radius 3 is 2.79 bits per heavy atom. The van der Waals surface area contributed by atoms with Crippen LogP contribution in [0.15, 0.2) is 12.2 Å². The molecular formula is C14H24ClN3O. The van der Waals surface area contributed by atoms with E-state index in [0.717, 1.165) is 55.4 Å². The Morgan fingerprint density at radius 2 is 2.16 bits per heavy atom. The molecule has 1 N–H and O–H groups in total. The van der Waals surface area contributed by atoms with Crippen LogP contribution in [-0.2, 0) is 24.6 Å². The highest BCUT2D eigenvalue weighted by Crippen LogP contribution is 2.21. The van der Waals surface area contributed by atoms with Crippen LogP contribution in [0, 0.1) is 0 Å². The summed E-state index contributed by atoms with van der Waals surface area (Å²) in [5.74, 6) is 0. The van der Waals surface area contributed by atoms with Crippen LogP contribution in [0.25, 0.3) is 0 Å². The number of hydrogen-bond acceptors (Lipinski definition) is 3. The molecular weight excluding hydrogens is 262 g/mol. The van der Waals surface area contributed by atoms with E-state index in [1.54, 1.807) is 7.11 Å². The summed E-state index contributed by atoms with van der Waals surface area (Å²) in [5.41, 5.74) is 2.07. The molecule has 1 rings (SSSR count). The van der Waals surface area contributed by atoms with Gasteiger partial charge < -0.3 is 10.1 Å². The first-order valence-electron chi connectivity index (χ1n) is 6.75. The number of nitrogens with zero attached hydrogens (tertiary/aromatic N) is 2. The second-order valence-electron chi connectivity index (χ2n) is 4.39. The van der Waals surface area contributed by atoms with E-state index in [1.807, 2.05) is 11.7 Å². The van der Waals surface area contributed by atoms with Crippen LogP contribution < -0.4 is 5.32 Å². The molecule has 0 unspecified atom stereocenters. The Balaban J connectivity index is 2.30. The number of nitrogens with one attached hydrogen (secondary N) is 1. The minimum atomic E-state index is 0.758. The zero-order valence-corrected chi connectivity index (χ0v) is 12.8. The highest BCUT2D eigenvalue weighted by molar-refractivity contribution is 6.31. The van der Waals surface area contributed by atoms with Gasteiger partial charge in [-0.15, -0.1) is 0 Å². The maximum absolute atomic E-state index is 6.28. The van der Waals surface area contributed by atoms with Crippen molar-refractivity contribution in [2.45, 2.75) is 26.2 Å². The molecule has 0 saturated carbocycles. The number of halogens is 1. The maximum atomic E-state index is 6.28. The molecule has 0 aliphatic heterocycles. The lowest BCUT2D eigenvalue weighted by molar-refractivity contribution is 0.199. The third-order valence-corrected chi connectivity index (χ3v) is 3.39. The van der Waals surface area contributed by atoms with Crippen molar-refractivity contribution in [2.24, 2.45) is 7.05 Å². The van der Waals surface area contributed by atoms with Crippen LogP contribution in [0.1, 0.15) is 24.7 Å². The van der Waals surface area contributed by atoms with E-state index in [4.69, 9.17) is 16.3 Å². The molecule has 4 nitrogen and oxygen atoms in total. The number of aryl methyl sites for hydroxylation is 2. The van der Waals surface area contributed by atoms with E-state index in [9.17, 15) is 0 Å². The van der Waals surface area contributed by atoms with Crippen molar-refractivity contribution in [3.63, 3.8) is 0 Å². The van der Waals surface area contributed by atoms with Crippen LogP contribution in [0.2, 0.25) is 5.02 Å². The third kappa shape index (κ3) is 5.35. The minimum absolute atomic E-state index is 0.758. The zero-order chi connectivity index (χ0) is 14.1. The smallest absolute Gasteiger partial charge is 0.0852 e. The van der Waals surface area contributed by atoms with Gasteiger partial charge in [0.05, 0.1) is 23.0 Å². The van der Waals surface area contributed by atoms with E-state index in [-0.39, 0.29) is 0 Å². The summed E-state index contributed by atoms with van der Waals surface area (Å²) in [7, 11) is 3.66. The Hall–Kier alpha value is -0.840. The number of methoxy groups -OCH3 is 1. The second-order valence-corrected chi connectivity index (χ2v) is 4.77. The van der Waals surface area contributed by atoms with Gasteiger partial charge in [0, 0.05) is 27.1 Å². The van der Waals surface area contributed by atoms with Crippen molar-refractivity contribution in [3.8, 4) is 0 Å². The van der Waals surface area contributed by atoms with Crippen LogP contribution in [0.3, 0.4) is 0 Å². The topological polar surface area (TPSA) is 39.1 Å². The summed E-state index contributed by atoms with van der Waals surface area (Å²) in [6, 6.07) is 0. The fraction of sp³-hybridized carbons (Fsp3) is 0.643. The molecule has 0 spiro atoms. The summed E-state index contributed by atoms with van der Waals surface area (Å²) in [6.45, 7) is 4.70. The van der Waals surface area contributed by atoms with Gasteiger partial charge in [0.2, 0.25) is 0 Å². The summed E-state index contributed by atoms with van der Waals surface area (Å²) in [4.78, 5) is 0. The lowest BCUT2D eigenvalue weighted by atomic mass is 10.2. The van der Waals surface area contributed by atoms with Crippen molar-refractivity contribution in [3.05, 3.63) is 28.6 Å². The van der Waals surface area contributed by atoms with E-state index in [0.29, 0.717) is 0 Å². The van der Waals surface area contributed by atoms with Gasteiger partial charge in [-0.3, -0.25) is 4.68 Å². The summed E-state index contributed by atoms with van der Waals surface area (Å²) >= 11 is 6.28. The Kier molecular flexibility index (Phi) is 7.79. The lowest BCUT2D eigenvalue weighted by Gasteiger charge is -2.01. The van der Waals surface area contributed by atoms with Crippen molar-refractivity contribution in [2.75, 3.05) is 26.8 Å². The Labute approximate surface area is 120 Å². The largest absolute Gasteiger partial charge is 0.383 e. The van der Waals surface area contributed by atoms with Crippen LogP contribution in [-0.4, -0.2) is 36.6 Å². The number of allylic oxidation sites excluding steroid dienone is 1. The van der Waals surface area contributed by atoms with E-state index >= 15 is 0 Å². The fourth-order valence-electron chi connectivity index (χ4n) is 1.84. The van der Waals surface area contributed by atoms with E-state index < -0.39 is 0 Å². The quantitative estimate of drug-likeness (QED) is 0.559. The van der Waals surface area contributed by atoms with E-state index in [1.165, 1.54) is 0 Å². The first kappa shape index (κ1) is 16.2. The summed E-state index contributed by atoms with van der Waals surface area (Å²) in [6.07, 6.45) is 7.05. The molecule has 1 heterocycles. The monoisotopic (exact) mass is 285 g/mol. The molecule has 0 atom stereocenters. The first-order chi connectivity index (χ1) is 9.20. The van der Waals surface area contributed by atoms with Crippen molar-refractivity contribution in [1.29, 1.82) is 0 Å². The molecule has 0 aliphatic rings. The molecule has 0 aromatic carbocycles. The van der Waals surface area contributed by atoms with Crippen molar-refractivity contribution < 1.29 is 4.74 Å². The standard InChI is InChI=1S/C14H24ClN3O/c1-4-12-14(15)13(18(2)17-12)8-6-5-7-9-16-10-11-19-3/h5-6,16H,4,7-11H2,1-3H3. The number of aromatic nitrogens is 2. The molecule has 1 aromatic rings. The summed E-state index contributed by atoms with van der Waals surface area (Å²) < 4.78 is 6.84. The zero-order valence-electron chi connectivity index (χ0n) is 12.1. The minimum Gasteiger partial charge on any atom is -0.383 e. The molecule has 5 heteroatoms. The van der Waals surface area contributed by atoms with Crippen LogP contribution in [0.5, 0.6) is 0 Å². The van der Waals surface area contributed by atoms with Gasteiger partial charge in [-0.1, -0.05) is 30.7 Å². The third-order valence-electron chi connectivity index (χ3n) is 2.95. The number of rotatable bonds is 9. The van der Waals surface area contributed by atoms with Gasteiger partial charge in [0.15, 0.2) is 0 Å². The lowest BCUT2D eigenvalue weighted by Crippen LogP contribution is -2.19. The van der Waals surface area contributed by atoms with Gasteiger partial charge in [-0.05, 0) is 19.4 Å². The molecule has 108 valence electrons. The molecule has 0 bridgehead atoms. The molecule has 19 heavy (non-hydrogen) atoms. The van der Waals surface area contributed by atoms with Gasteiger partial charge in [-0.25, -0.2) is 0 Å². The first-order valence-corrected chi connectivity index (χ1v) is 7.13. The van der Waals surface area contributed by atoms with Crippen LogP contribution in [0.4, 0.5) is 0 Å². The van der Waals surface area contributed by atoms with Crippen LogP contribution >= 0.6 is 11.6 Å². The fourth-order valence-corrected chi connectivity index (χ4v) is 2.21. The summed E-state index contributed by atoms with van der Waals surface area (Å²) in [5, 5.41) is 8.52. The van der Waals surface area contributed by atoms with E-state index in [2.05, 4.69) is 29.5 Å². The SMILES string of the molecule is CCc1nn(C)c(CC=CCCNCCOC)c1Cl. The molecule has 0 aliphatic carbocycles. The van der Waals surface area contributed by atoms with Crippen molar-refractivity contribution in [1.82, 2.24) is 15.1 Å². The highest BCUT2D eigenvalue weighted by Gasteiger charge is 2.10. The second kappa shape index (κ2) is 9.13. The average Bonchev–Trinajstić information content (AvgIpc) is 2.68. The Bertz CT molecular complexity index is 402. The molecule has 0 amide bonds. The predicted octanol–water partition coefficient (Wildman–Crippen LogP) is 2.36. The molecule has 0 saturated heterocycles. The maximum Gasteiger partial charge on any atom is 0.0852 e. The van der Waals surface area contributed by atoms with Gasteiger partial charge >= 0.3 is 0 Å². The molecule has 1 aromatic heterocycles. The molecule has 0 radical (unpaired) electrons.